The fourth-order valence-electron chi connectivity index (χ4n) is 0.992. The van der Waals surface area contributed by atoms with Gasteiger partial charge in [0.2, 0.25) is 0 Å². The first-order valence-corrected chi connectivity index (χ1v) is 4.68. The van der Waals surface area contributed by atoms with E-state index in [1.807, 2.05) is 30.1 Å². The second-order valence-corrected chi connectivity index (χ2v) is 3.59. The van der Waals surface area contributed by atoms with Crippen LogP contribution in [-0.2, 0) is 6.54 Å². The molecule has 0 radical (unpaired) electrons. The van der Waals surface area contributed by atoms with Crippen LogP contribution in [0, 0.1) is 11.3 Å². The van der Waals surface area contributed by atoms with Crippen LogP contribution in [0.25, 0.3) is 0 Å². The standard InChI is InChI=1S/C9H10BrN3/c1-13(6-5-11)7-8-3-2-4-9(10)12-8/h2-4H,6-7H2,1H3. The van der Waals surface area contributed by atoms with Crippen LogP contribution in [0.5, 0.6) is 0 Å². The average molecular weight is 240 g/mol. The summed E-state index contributed by atoms with van der Waals surface area (Å²) in [6, 6.07) is 7.85. The zero-order valence-electron chi connectivity index (χ0n) is 7.37. The molecule has 0 spiro atoms. The molecule has 0 saturated heterocycles. The highest BCUT2D eigenvalue weighted by atomic mass is 79.9. The van der Waals surface area contributed by atoms with E-state index in [9.17, 15) is 0 Å². The number of aromatic nitrogens is 1. The molecular formula is C9H10BrN3. The quantitative estimate of drug-likeness (QED) is 0.597. The Kier molecular flexibility index (Phi) is 3.87. The molecule has 1 aromatic heterocycles. The molecule has 3 nitrogen and oxygen atoms in total. The zero-order valence-corrected chi connectivity index (χ0v) is 8.95. The topological polar surface area (TPSA) is 39.9 Å². The Morgan fingerprint density at radius 3 is 3.00 bits per heavy atom. The number of halogens is 1. The number of hydrogen-bond donors (Lipinski definition) is 0. The maximum atomic E-state index is 8.45. The summed E-state index contributed by atoms with van der Waals surface area (Å²) in [6.07, 6.45) is 0. The Hall–Kier alpha value is -0.920. The van der Waals surface area contributed by atoms with Crippen LogP contribution in [0.15, 0.2) is 22.8 Å². The predicted octanol–water partition coefficient (Wildman–Crippen LogP) is 1.80. The number of nitriles is 1. The molecular weight excluding hydrogens is 230 g/mol. The lowest BCUT2D eigenvalue weighted by Gasteiger charge is -2.11. The van der Waals surface area contributed by atoms with Crippen molar-refractivity contribution in [2.24, 2.45) is 0 Å². The van der Waals surface area contributed by atoms with Gasteiger partial charge in [0.1, 0.15) is 4.60 Å². The molecule has 0 fully saturated rings. The Balaban J connectivity index is 2.59. The molecule has 0 saturated carbocycles. The summed E-state index contributed by atoms with van der Waals surface area (Å²) in [5.74, 6) is 0. The van der Waals surface area contributed by atoms with Gasteiger partial charge < -0.3 is 0 Å². The molecule has 0 bridgehead atoms. The van der Waals surface area contributed by atoms with E-state index in [0.29, 0.717) is 13.1 Å². The highest BCUT2D eigenvalue weighted by Gasteiger charge is 2.00. The summed E-state index contributed by atoms with van der Waals surface area (Å²) in [6.45, 7) is 1.13. The zero-order chi connectivity index (χ0) is 9.68. The van der Waals surface area contributed by atoms with E-state index in [1.165, 1.54) is 0 Å². The van der Waals surface area contributed by atoms with Crippen LogP contribution in [-0.4, -0.2) is 23.5 Å². The molecule has 4 heteroatoms. The fraction of sp³-hybridized carbons (Fsp3) is 0.333. The van der Waals surface area contributed by atoms with Gasteiger partial charge in [0.05, 0.1) is 18.3 Å². The Morgan fingerprint density at radius 1 is 1.62 bits per heavy atom. The van der Waals surface area contributed by atoms with Crippen LogP contribution in [0.3, 0.4) is 0 Å². The lowest BCUT2D eigenvalue weighted by Crippen LogP contribution is -2.18. The van der Waals surface area contributed by atoms with Crippen molar-refractivity contribution in [3.63, 3.8) is 0 Å². The first-order valence-electron chi connectivity index (χ1n) is 3.89. The smallest absolute Gasteiger partial charge is 0.106 e. The number of nitrogens with zero attached hydrogens (tertiary/aromatic N) is 3. The second kappa shape index (κ2) is 4.95. The van der Waals surface area contributed by atoms with Crippen molar-refractivity contribution in [3.8, 4) is 6.07 Å². The van der Waals surface area contributed by atoms with Crippen molar-refractivity contribution >= 4 is 15.9 Å². The molecule has 68 valence electrons. The van der Waals surface area contributed by atoms with E-state index in [-0.39, 0.29) is 0 Å². The first-order chi connectivity index (χ1) is 6.22. The molecule has 0 N–H and O–H groups in total. The minimum Gasteiger partial charge on any atom is -0.288 e. The third kappa shape index (κ3) is 3.53. The molecule has 0 unspecified atom stereocenters. The van der Waals surface area contributed by atoms with Gasteiger partial charge in [-0.1, -0.05) is 6.07 Å². The van der Waals surface area contributed by atoms with E-state index in [2.05, 4.69) is 27.0 Å². The van der Waals surface area contributed by atoms with Gasteiger partial charge in [-0.2, -0.15) is 5.26 Å². The lowest BCUT2D eigenvalue weighted by molar-refractivity contribution is 0.362. The van der Waals surface area contributed by atoms with Gasteiger partial charge in [-0.25, -0.2) is 4.98 Å². The summed E-state index contributed by atoms with van der Waals surface area (Å²) < 4.78 is 0.829. The first kappa shape index (κ1) is 10.2. The van der Waals surface area contributed by atoms with Crippen LogP contribution in [0.2, 0.25) is 0 Å². The number of rotatable bonds is 3. The van der Waals surface area contributed by atoms with E-state index in [4.69, 9.17) is 5.26 Å². The Bertz CT molecular complexity index is 319. The SMILES string of the molecule is CN(CC#N)Cc1cccc(Br)n1. The van der Waals surface area contributed by atoms with Gasteiger partial charge in [0.25, 0.3) is 0 Å². The maximum absolute atomic E-state index is 8.45. The number of pyridine rings is 1. The van der Waals surface area contributed by atoms with E-state index >= 15 is 0 Å². The largest absolute Gasteiger partial charge is 0.288 e. The van der Waals surface area contributed by atoms with Gasteiger partial charge >= 0.3 is 0 Å². The third-order valence-corrected chi connectivity index (χ3v) is 1.99. The van der Waals surface area contributed by atoms with Crippen molar-refractivity contribution in [1.29, 1.82) is 5.26 Å². The number of hydrogen-bond acceptors (Lipinski definition) is 3. The highest BCUT2D eigenvalue weighted by Crippen LogP contribution is 2.07. The van der Waals surface area contributed by atoms with Crippen LogP contribution in [0.4, 0.5) is 0 Å². The van der Waals surface area contributed by atoms with Gasteiger partial charge in [-0.3, -0.25) is 4.90 Å². The molecule has 0 atom stereocenters. The van der Waals surface area contributed by atoms with Gasteiger partial charge in [-0.15, -0.1) is 0 Å². The molecule has 1 rings (SSSR count). The minimum atomic E-state index is 0.425. The fourth-order valence-corrected chi connectivity index (χ4v) is 1.37. The molecule has 0 aliphatic carbocycles. The van der Waals surface area contributed by atoms with Crippen molar-refractivity contribution in [3.05, 3.63) is 28.5 Å². The maximum Gasteiger partial charge on any atom is 0.106 e. The normalized spacial score (nSPS) is 10.0. The van der Waals surface area contributed by atoms with Crippen LogP contribution >= 0.6 is 15.9 Å². The third-order valence-electron chi connectivity index (χ3n) is 1.55. The molecule has 0 aliphatic heterocycles. The van der Waals surface area contributed by atoms with Crippen LogP contribution in [0.1, 0.15) is 5.69 Å². The second-order valence-electron chi connectivity index (χ2n) is 2.78. The molecule has 1 heterocycles. The van der Waals surface area contributed by atoms with Crippen LogP contribution < -0.4 is 0 Å². The molecule has 0 aromatic carbocycles. The Morgan fingerprint density at radius 2 is 2.38 bits per heavy atom. The highest BCUT2D eigenvalue weighted by molar-refractivity contribution is 9.10. The summed E-state index contributed by atoms with van der Waals surface area (Å²) in [5, 5.41) is 8.45. The van der Waals surface area contributed by atoms with Crippen molar-refractivity contribution in [2.45, 2.75) is 6.54 Å². The van der Waals surface area contributed by atoms with E-state index in [0.717, 1.165) is 10.3 Å². The van der Waals surface area contributed by atoms with Gasteiger partial charge in [0.15, 0.2) is 0 Å². The molecule has 13 heavy (non-hydrogen) atoms. The summed E-state index contributed by atoms with van der Waals surface area (Å²) in [7, 11) is 1.89. The monoisotopic (exact) mass is 239 g/mol. The lowest BCUT2D eigenvalue weighted by atomic mass is 10.3. The summed E-state index contributed by atoms with van der Waals surface area (Å²) >= 11 is 3.30. The van der Waals surface area contributed by atoms with Gasteiger partial charge in [0, 0.05) is 6.54 Å². The molecule has 1 aromatic rings. The van der Waals surface area contributed by atoms with E-state index in [1.54, 1.807) is 0 Å². The average Bonchev–Trinajstić information content (AvgIpc) is 2.04. The Labute approximate surface area is 86.1 Å². The minimum absolute atomic E-state index is 0.425. The van der Waals surface area contributed by atoms with Gasteiger partial charge in [-0.05, 0) is 35.1 Å². The van der Waals surface area contributed by atoms with Crippen molar-refractivity contribution in [2.75, 3.05) is 13.6 Å². The van der Waals surface area contributed by atoms with Crippen molar-refractivity contribution in [1.82, 2.24) is 9.88 Å². The predicted molar refractivity (Wildman–Crippen MR) is 53.9 cm³/mol. The molecule has 0 amide bonds. The molecule has 0 aliphatic rings. The van der Waals surface area contributed by atoms with Crippen molar-refractivity contribution < 1.29 is 0 Å². The van der Waals surface area contributed by atoms with E-state index < -0.39 is 0 Å². The summed E-state index contributed by atoms with van der Waals surface area (Å²) in [5.41, 5.74) is 0.965. The summed E-state index contributed by atoms with van der Waals surface area (Å²) in [4.78, 5) is 6.17.